The third-order valence-corrected chi connectivity index (χ3v) is 4.73. The van der Waals surface area contributed by atoms with E-state index in [1.807, 2.05) is 36.4 Å². The average Bonchev–Trinajstić information content (AvgIpc) is 2.61. The van der Waals surface area contributed by atoms with Crippen LogP contribution < -0.4 is 0 Å². The van der Waals surface area contributed by atoms with Gasteiger partial charge in [-0.15, -0.1) is 0 Å². The van der Waals surface area contributed by atoms with E-state index >= 15 is 0 Å². The van der Waals surface area contributed by atoms with Crippen LogP contribution in [-0.2, 0) is 12.8 Å². The van der Waals surface area contributed by atoms with Crippen molar-refractivity contribution < 1.29 is 4.79 Å². The summed E-state index contributed by atoms with van der Waals surface area (Å²) in [6.07, 6.45) is 3.67. The summed E-state index contributed by atoms with van der Waals surface area (Å²) in [5.41, 5.74) is 4.17. The number of rotatable bonds is 3. The molecule has 0 bridgehead atoms. The van der Waals surface area contributed by atoms with Crippen LogP contribution in [-0.4, -0.2) is 20.7 Å². The van der Waals surface area contributed by atoms with E-state index in [1.54, 1.807) is 6.20 Å². The van der Waals surface area contributed by atoms with Gasteiger partial charge in [-0.2, -0.15) is 0 Å². The topological polar surface area (TPSA) is 55.7 Å². The summed E-state index contributed by atoms with van der Waals surface area (Å²) in [4.78, 5) is 26.7. The molecule has 130 valence electrons. The fourth-order valence-corrected chi connectivity index (χ4v) is 3.57. The molecule has 4 nitrogen and oxygen atoms in total. The second-order valence-electron chi connectivity index (χ2n) is 7.63. The van der Waals surface area contributed by atoms with Crippen molar-refractivity contribution in [2.75, 3.05) is 0 Å². The minimum absolute atomic E-state index is 0.0795. The predicted molar refractivity (Wildman–Crippen MR) is 101 cm³/mol. The molecule has 0 saturated heterocycles. The van der Waals surface area contributed by atoms with E-state index in [9.17, 15) is 4.79 Å². The average molecular weight is 343 g/mol. The largest absolute Gasteiger partial charge is 0.294 e. The fourth-order valence-electron chi connectivity index (χ4n) is 3.57. The Balaban J connectivity index is 1.87. The zero-order valence-electron chi connectivity index (χ0n) is 15.1. The monoisotopic (exact) mass is 343 g/mol. The lowest BCUT2D eigenvalue weighted by Crippen LogP contribution is -2.30. The second-order valence-corrected chi connectivity index (χ2v) is 7.63. The highest BCUT2D eigenvalue weighted by atomic mass is 16.1. The summed E-state index contributed by atoms with van der Waals surface area (Å²) in [7, 11) is 0. The van der Waals surface area contributed by atoms with Crippen molar-refractivity contribution >= 4 is 5.78 Å². The van der Waals surface area contributed by atoms with Gasteiger partial charge in [-0.3, -0.25) is 9.78 Å². The number of Topliss-reactive ketones (excluding diaryl/α,β-unsaturated/α-hetero) is 1. The van der Waals surface area contributed by atoms with Gasteiger partial charge in [-0.25, -0.2) is 9.97 Å². The SMILES string of the molecule is CC1(C)CC(=O)c2c(Cc3ccccc3)nc(-c3ccccn3)nc2C1. The quantitative estimate of drug-likeness (QED) is 0.712. The molecule has 4 rings (SSSR count). The van der Waals surface area contributed by atoms with Gasteiger partial charge in [0.15, 0.2) is 11.6 Å². The first-order valence-electron chi connectivity index (χ1n) is 8.90. The van der Waals surface area contributed by atoms with Crippen molar-refractivity contribution in [2.45, 2.75) is 33.1 Å². The van der Waals surface area contributed by atoms with E-state index in [1.165, 1.54) is 0 Å². The van der Waals surface area contributed by atoms with Crippen LogP contribution >= 0.6 is 0 Å². The first kappa shape index (κ1) is 16.6. The minimum atomic E-state index is -0.0795. The lowest BCUT2D eigenvalue weighted by atomic mass is 9.75. The molecule has 0 fully saturated rings. The van der Waals surface area contributed by atoms with Gasteiger partial charge >= 0.3 is 0 Å². The van der Waals surface area contributed by atoms with Gasteiger partial charge in [0.1, 0.15) is 5.69 Å². The first-order chi connectivity index (χ1) is 12.5. The van der Waals surface area contributed by atoms with Crippen molar-refractivity contribution in [3.8, 4) is 11.5 Å². The van der Waals surface area contributed by atoms with E-state index in [-0.39, 0.29) is 11.2 Å². The van der Waals surface area contributed by atoms with Crippen LogP contribution in [0.2, 0.25) is 0 Å². The van der Waals surface area contributed by atoms with Gasteiger partial charge < -0.3 is 0 Å². The Morgan fingerprint density at radius 3 is 2.46 bits per heavy atom. The molecule has 4 heteroatoms. The van der Waals surface area contributed by atoms with Gasteiger partial charge in [0, 0.05) is 19.0 Å². The molecule has 0 atom stereocenters. The van der Waals surface area contributed by atoms with Crippen molar-refractivity contribution in [3.05, 3.63) is 77.2 Å². The highest BCUT2D eigenvalue weighted by Crippen LogP contribution is 2.36. The molecule has 1 aliphatic rings. The van der Waals surface area contributed by atoms with Crippen LogP contribution in [0.5, 0.6) is 0 Å². The van der Waals surface area contributed by atoms with Crippen molar-refractivity contribution in [1.29, 1.82) is 0 Å². The summed E-state index contributed by atoms with van der Waals surface area (Å²) in [6.45, 7) is 4.24. The predicted octanol–water partition coefficient (Wildman–Crippen LogP) is 4.28. The van der Waals surface area contributed by atoms with Crippen LogP contribution in [0.25, 0.3) is 11.5 Å². The molecular formula is C22H21N3O. The molecule has 0 aliphatic heterocycles. The van der Waals surface area contributed by atoms with Gasteiger partial charge in [-0.05, 0) is 29.5 Å². The molecule has 2 heterocycles. The molecule has 26 heavy (non-hydrogen) atoms. The Kier molecular flexibility index (Phi) is 4.11. The standard InChI is InChI=1S/C22H21N3O/c1-22(2)13-18-20(19(26)14-22)17(12-15-8-4-3-5-9-15)24-21(25-18)16-10-6-7-11-23-16/h3-11H,12-14H2,1-2H3. The smallest absolute Gasteiger partial charge is 0.178 e. The van der Waals surface area contributed by atoms with E-state index in [0.29, 0.717) is 24.2 Å². The van der Waals surface area contributed by atoms with Gasteiger partial charge in [0.25, 0.3) is 0 Å². The highest BCUT2D eigenvalue weighted by Gasteiger charge is 2.34. The number of carbonyl (C=O) groups is 1. The second kappa shape index (κ2) is 6.45. The maximum atomic E-state index is 12.9. The molecule has 0 saturated carbocycles. The normalized spacial score (nSPS) is 15.5. The van der Waals surface area contributed by atoms with Crippen molar-refractivity contribution in [1.82, 2.24) is 15.0 Å². The van der Waals surface area contributed by atoms with Crippen LogP contribution in [0.1, 0.15) is 47.6 Å². The Morgan fingerprint density at radius 1 is 0.962 bits per heavy atom. The zero-order chi connectivity index (χ0) is 18.1. The lowest BCUT2D eigenvalue weighted by Gasteiger charge is -2.30. The number of nitrogens with zero attached hydrogens (tertiary/aromatic N) is 3. The molecule has 0 radical (unpaired) electrons. The molecule has 0 spiro atoms. The molecular weight excluding hydrogens is 322 g/mol. The molecule has 3 aromatic rings. The number of ketones is 1. The van der Waals surface area contributed by atoms with Crippen LogP contribution in [0.4, 0.5) is 0 Å². The van der Waals surface area contributed by atoms with Gasteiger partial charge in [-0.1, -0.05) is 50.2 Å². The number of pyridine rings is 1. The number of aromatic nitrogens is 3. The van der Waals surface area contributed by atoms with Gasteiger partial charge in [0.05, 0.1) is 17.0 Å². The Bertz CT molecular complexity index is 950. The summed E-state index contributed by atoms with van der Waals surface area (Å²) in [5.74, 6) is 0.746. The third kappa shape index (κ3) is 3.27. The van der Waals surface area contributed by atoms with E-state index in [2.05, 4.69) is 31.0 Å². The number of hydrogen-bond acceptors (Lipinski definition) is 4. The van der Waals surface area contributed by atoms with Crippen LogP contribution in [0.3, 0.4) is 0 Å². The molecule has 0 unspecified atom stereocenters. The number of carbonyl (C=O) groups excluding carboxylic acids is 1. The number of fused-ring (bicyclic) bond motifs is 1. The molecule has 1 aromatic carbocycles. The Hall–Kier alpha value is -2.88. The van der Waals surface area contributed by atoms with Crippen LogP contribution in [0, 0.1) is 5.41 Å². The minimum Gasteiger partial charge on any atom is -0.294 e. The van der Waals surface area contributed by atoms with E-state index in [4.69, 9.17) is 9.97 Å². The zero-order valence-corrected chi connectivity index (χ0v) is 15.1. The first-order valence-corrected chi connectivity index (χ1v) is 8.90. The Morgan fingerprint density at radius 2 is 1.73 bits per heavy atom. The summed E-state index contributed by atoms with van der Waals surface area (Å²) in [5, 5.41) is 0. The highest BCUT2D eigenvalue weighted by molar-refractivity contribution is 5.99. The molecule has 0 amide bonds. The maximum absolute atomic E-state index is 12.9. The maximum Gasteiger partial charge on any atom is 0.178 e. The molecule has 1 aliphatic carbocycles. The van der Waals surface area contributed by atoms with Crippen molar-refractivity contribution in [2.24, 2.45) is 5.41 Å². The summed E-state index contributed by atoms with van der Waals surface area (Å²) < 4.78 is 0. The van der Waals surface area contributed by atoms with Crippen molar-refractivity contribution in [3.63, 3.8) is 0 Å². The fraction of sp³-hybridized carbons (Fsp3) is 0.273. The van der Waals surface area contributed by atoms with E-state index < -0.39 is 0 Å². The summed E-state index contributed by atoms with van der Waals surface area (Å²) >= 11 is 0. The Labute approximate surface area is 153 Å². The molecule has 2 aromatic heterocycles. The number of benzene rings is 1. The lowest BCUT2D eigenvalue weighted by molar-refractivity contribution is 0.0908. The molecule has 0 N–H and O–H groups in total. The number of hydrogen-bond donors (Lipinski definition) is 0. The van der Waals surface area contributed by atoms with Gasteiger partial charge in [0.2, 0.25) is 0 Å². The summed E-state index contributed by atoms with van der Waals surface area (Å²) in [6, 6.07) is 15.8. The third-order valence-electron chi connectivity index (χ3n) is 4.73. The van der Waals surface area contributed by atoms with E-state index in [0.717, 1.165) is 29.1 Å². The van der Waals surface area contributed by atoms with Crippen LogP contribution in [0.15, 0.2) is 54.7 Å².